The molecule has 2 unspecified atom stereocenters. The fraction of sp³-hybridized carbons (Fsp3) is 0.647. The molecule has 0 amide bonds. The van der Waals surface area contributed by atoms with E-state index < -0.39 is 0 Å². The minimum absolute atomic E-state index is 0.190. The Morgan fingerprint density at radius 2 is 1.85 bits per heavy atom. The predicted molar refractivity (Wildman–Crippen MR) is 84.3 cm³/mol. The summed E-state index contributed by atoms with van der Waals surface area (Å²) in [7, 11) is 1.76. The fourth-order valence-electron chi connectivity index (χ4n) is 2.45. The van der Waals surface area contributed by atoms with E-state index in [0.29, 0.717) is 12.0 Å². The molecule has 0 aliphatic rings. The number of benzene rings is 1. The molecule has 0 aromatic heterocycles. The number of para-hydroxylation sites is 1. The lowest BCUT2D eigenvalue weighted by Crippen LogP contribution is -2.25. The number of methoxy groups -OCH3 is 1. The predicted octanol–water partition coefficient (Wildman–Crippen LogP) is 3.80. The van der Waals surface area contributed by atoms with Crippen LogP contribution in [0.5, 0.6) is 5.75 Å². The van der Waals surface area contributed by atoms with Crippen LogP contribution in [0.1, 0.15) is 45.7 Å². The monoisotopic (exact) mass is 279 g/mol. The topological polar surface area (TPSA) is 30.5 Å². The molecule has 3 nitrogen and oxygen atoms in total. The summed E-state index contributed by atoms with van der Waals surface area (Å²) >= 11 is 0. The highest BCUT2D eigenvalue weighted by atomic mass is 16.5. The van der Waals surface area contributed by atoms with Crippen LogP contribution in [0.15, 0.2) is 24.3 Å². The summed E-state index contributed by atoms with van der Waals surface area (Å²) in [5.41, 5.74) is 1.24. The van der Waals surface area contributed by atoms with Gasteiger partial charge in [0, 0.05) is 25.3 Å². The van der Waals surface area contributed by atoms with E-state index in [9.17, 15) is 0 Å². The maximum Gasteiger partial charge on any atom is 0.124 e. The summed E-state index contributed by atoms with van der Waals surface area (Å²) in [6.45, 7) is 10.2. The van der Waals surface area contributed by atoms with Crippen molar-refractivity contribution in [1.82, 2.24) is 5.32 Å². The molecule has 20 heavy (non-hydrogen) atoms. The van der Waals surface area contributed by atoms with Gasteiger partial charge in [0.1, 0.15) is 5.75 Å². The maximum absolute atomic E-state index is 5.94. The largest absolute Gasteiger partial charge is 0.491 e. The highest BCUT2D eigenvalue weighted by Crippen LogP contribution is 2.30. The number of hydrogen-bond acceptors (Lipinski definition) is 3. The second-order valence-corrected chi connectivity index (χ2v) is 5.61. The van der Waals surface area contributed by atoms with Crippen molar-refractivity contribution >= 4 is 0 Å². The van der Waals surface area contributed by atoms with Crippen LogP contribution in [-0.2, 0) is 4.74 Å². The smallest absolute Gasteiger partial charge is 0.124 e. The Bertz CT molecular complexity index is 379. The van der Waals surface area contributed by atoms with Gasteiger partial charge in [-0.2, -0.15) is 0 Å². The first kappa shape index (κ1) is 17.0. The van der Waals surface area contributed by atoms with Crippen LogP contribution in [-0.4, -0.2) is 26.4 Å². The van der Waals surface area contributed by atoms with Crippen molar-refractivity contribution in [2.45, 2.75) is 46.3 Å². The summed E-state index contributed by atoms with van der Waals surface area (Å²) in [4.78, 5) is 0. The molecule has 0 fully saturated rings. The highest BCUT2D eigenvalue weighted by Gasteiger charge is 2.18. The highest BCUT2D eigenvalue weighted by molar-refractivity contribution is 5.36. The minimum atomic E-state index is 0.190. The molecule has 1 N–H and O–H groups in total. The van der Waals surface area contributed by atoms with E-state index >= 15 is 0 Å². The van der Waals surface area contributed by atoms with Gasteiger partial charge in [-0.05, 0) is 38.8 Å². The minimum Gasteiger partial charge on any atom is -0.491 e. The van der Waals surface area contributed by atoms with Crippen LogP contribution in [0, 0.1) is 5.92 Å². The van der Waals surface area contributed by atoms with E-state index in [1.807, 2.05) is 6.07 Å². The SMILES string of the molecule is CCNC(CC(C)COC)c1ccccc1OC(C)C. The molecule has 1 aromatic carbocycles. The molecule has 1 aromatic rings. The quantitative estimate of drug-likeness (QED) is 0.746. The number of rotatable bonds is 9. The fourth-order valence-corrected chi connectivity index (χ4v) is 2.45. The van der Waals surface area contributed by atoms with Gasteiger partial charge in [-0.1, -0.05) is 32.0 Å². The second kappa shape index (κ2) is 8.98. The van der Waals surface area contributed by atoms with Gasteiger partial charge < -0.3 is 14.8 Å². The van der Waals surface area contributed by atoms with Crippen molar-refractivity contribution < 1.29 is 9.47 Å². The van der Waals surface area contributed by atoms with Gasteiger partial charge >= 0.3 is 0 Å². The third-order valence-electron chi connectivity index (χ3n) is 3.20. The normalized spacial score (nSPS) is 14.3. The zero-order valence-corrected chi connectivity index (χ0v) is 13.5. The molecule has 114 valence electrons. The number of hydrogen-bond donors (Lipinski definition) is 1. The molecular formula is C17H29NO2. The van der Waals surface area contributed by atoms with E-state index in [1.165, 1.54) is 5.56 Å². The molecule has 3 heteroatoms. The molecule has 0 aliphatic carbocycles. The van der Waals surface area contributed by atoms with Crippen LogP contribution >= 0.6 is 0 Å². The molecule has 1 rings (SSSR count). The Labute approximate surface area is 123 Å². The van der Waals surface area contributed by atoms with Crippen LogP contribution in [0.3, 0.4) is 0 Å². The van der Waals surface area contributed by atoms with E-state index in [0.717, 1.165) is 25.3 Å². The van der Waals surface area contributed by atoms with Gasteiger partial charge in [-0.3, -0.25) is 0 Å². The second-order valence-electron chi connectivity index (χ2n) is 5.61. The number of nitrogens with one attached hydrogen (secondary N) is 1. The Hall–Kier alpha value is -1.06. The first-order valence-electron chi connectivity index (χ1n) is 7.56. The molecule has 0 heterocycles. The molecule has 0 spiro atoms. The van der Waals surface area contributed by atoms with Crippen molar-refractivity contribution in [3.8, 4) is 5.75 Å². The van der Waals surface area contributed by atoms with Crippen molar-refractivity contribution in [1.29, 1.82) is 0 Å². The Morgan fingerprint density at radius 3 is 2.45 bits per heavy atom. The van der Waals surface area contributed by atoms with Crippen molar-refractivity contribution in [3.63, 3.8) is 0 Å². The van der Waals surface area contributed by atoms with Gasteiger partial charge in [0.05, 0.1) is 6.10 Å². The summed E-state index contributed by atoms with van der Waals surface area (Å²) in [5, 5.41) is 3.57. The summed E-state index contributed by atoms with van der Waals surface area (Å²) in [6, 6.07) is 8.63. The van der Waals surface area contributed by atoms with Crippen LogP contribution < -0.4 is 10.1 Å². The van der Waals surface area contributed by atoms with Gasteiger partial charge in [0.2, 0.25) is 0 Å². The zero-order valence-electron chi connectivity index (χ0n) is 13.5. The van der Waals surface area contributed by atoms with E-state index in [2.05, 4.69) is 51.2 Å². The molecule has 0 radical (unpaired) electrons. The Kier molecular flexibility index (Phi) is 7.63. The van der Waals surface area contributed by atoms with Gasteiger partial charge in [-0.25, -0.2) is 0 Å². The molecule has 0 saturated heterocycles. The first-order chi connectivity index (χ1) is 9.58. The third-order valence-corrected chi connectivity index (χ3v) is 3.20. The molecular weight excluding hydrogens is 250 g/mol. The van der Waals surface area contributed by atoms with E-state index in [-0.39, 0.29) is 6.10 Å². The summed E-state index contributed by atoms with van der Waals surface area (Å²) in [6.07, 6.45) is 1.23. The van der Waals surface area contributed by atoms with Crippen LogP contribution in [0.4, 0.5) is 0 Å². The maximum atomic E-state index is 5.94. The van der Waals surface area contributed by atoms with Crippen molar-refractivity contribution in [2.24, 2.45) is 5.92 Å². The summed E-state index contributed by atoms with van der Waals surface area (Å²) < 4.78 is 11.2. The third kappa shape index (κ3) is 5.51. The Balaban J connectivity index is 2.89. The zero-order chi connectivity index (χ0) is 15.0. The molecule has 0 bridgehead atoms. The molecule has 0 aliphatic heterocycles. The van der Waals surface area contributed by atoms with Crippen molar-refractivity contribution in [2.75, 3.05) is 20.3 Å². The lowest BCUT2D eigenvalue weighted by molar-refractivity contribution is 0.149. The van der Waals surface area contributed by atoms with Gasteiger partial charge in [0.15, 0.2) is 0 Å². The average Bonchev–Trinajstić information content (AvgIpc) is 2.38. The standard InChI is InChI=1S/C17H29NO2/c1-6-18-16(11-14(4)12-19-5)15-9-7-8-10-17(15)20-13(2)3/h7-10,13-14,16,18H,6,11-12H2,1-5H3. The summed E-state index contributed by atoms with van der Waals surface area (Å²) in [5.74, 6) is 1.49. The number of ether oxygens (including phenoxy) is 2. The first-order valence-corrected chi connectivity index (χ1v) is 7.56. The van der Waals surface area contributed by atoms with Crippen LogP contribution in [0.2, 0.25) is 0 Å². The van der Waals surface area contributed by atoms with E-state index in [1.54, 1.807) is 7.11 Å². The van der Waals surface area contributed by atoms with Crippen molar-refractivity contribution in [3.05, 3.63) is 29.8 Å². The lowest BCUT2D eigenvalue weighted by atomic mass is 9.95. The van der Waals surface area contributed by atoms with E-state index in [4.69, 9.17) is 9.47 Å². The molecule has 2 atom stereocenters. The average molecular weight is 279 g/mol. The Morgan fingerprint density at radius 1 is 1.15 bits per heavy atom. The lowest BCUT2D eigenvalue weighted by Gasteiger charge is -2.25. The van der Waals surface area contributed by atoms with Gasteiger partial charge in [0.25, 0.3) is 0 Å². The van der Waals surface area contributed by atoms with Crippen LogP contribution in [0.25, 0.3) is 0 Å². The molecule has 0 saturated carbocycles. The van der Waals surface area contributed by atoms with Gasteiger partial charge in [-0.15, -0.1) is 0 Å².